The molecule has 0 aliphatic rings. The fraction of sp³-hybridized carbons (Fsp3) is 0.375. The van der Waals surface area contributed by atoms with Crippen molar-refractivity contribution in [1.82, 2.24) is 5.32 Å². The van der Waals surface area contributed by atoms with E-state index in [0.717, 1.165) is 17.8 Å². The Morgan fingerprint density at radius 1 is 1.30 bits per heavy atom. The number of rotatable bonds is 6. The minimum atomic E-state index is -0.182. The lowest BCUT2D eigenvalue weighted by atomic mass is 10.1. The molecule has 0 saturated carbocycles. The Labute approximate surface area is 124 Å². The van der Waals surface area contributed by atoms with E-state index in [9.17, 15) is 4.39 Å². The van der Waals surface area contributed by atoms with Crippen molar-refractivity contribution in [3.63, 3.8) is 0 Å². The third-order valence-electron chi connectivity index (χ3n) is 3.25. The van der Waals surface area contributed by atoms with Crippen LogP contribution in [0.25, 0.3) is 0 Å². The summed E-state index contributed by atoms with van der Waals surface area (Å²) < 4.78 is 13.5. The molecule has 108 valence electrons. The predicted molar refractivity (Wildman–Crippen MR) is 84.8 cm³/mol. The molecule has 0 aliphatic heterocycles. The Bertz CT molecular complexity index is 537. The van der Waals surface area contributed by atoms with Gasteiger partial charge in [0.2, 0.25) is 0 Å². The van der Waals surface area contributed by atoms with Crippen LogP contribution in [0.3, 0.4) is 0 Å². The maximum Gasteiger partial charge on any atom is 0.123 e. The zero-order valence-electron chi connectivity index (χ0n) is 12.2. The van der Waals surface area contributed by atoms with Crippen molar-refractivity contribution in [3.8, 4) is 0 Å². The third-order valence-corrected chi connectivity index (χ3v) is 4.11. The van der Waals surface area contributed by atoms with Crippen LogP contribution >= 0.6 is 11.3 Å². The molecule has 0 saturated heterocycles. The molecule has 4 heteroatoms. The van der Waals surface area contributed by atoms with Gasteiger partial charge in [-0.05, 0) is 56.1 Å². The summed E-state index contributed by atoms with van der Waals surface area (Å²) in [5.74, 6) is -0.182. The van der Waals surface area contributed by atoms with Gasteiger partial charge in [-0.3, -0.25) is 0 Å². The van der Waals surface area contributed by atoms with Crippen LogP contribution < -0.4 is 10.2 Å². The number of thiophene rings is 1. The van der Waals surface area contributed by atoms with Gasteiger partial charge in [0.1, 0.15) is 5.82 Å². The second-order valence-corrected chi connectivity index (χ2v) is 6.14. The highest BCUT2D eigenvalue weighted by molar-refractivity contribution is 7.09. The van der Waals surface area contributed by atoms with Crippen molar-refractivity contribution >= 4 is 17.0 Å². The molecule has 0 fully saturated rings. The monoisotopic (exact) mass is 292 g/mol. The number of hydrogen-bond acceptors (Lipinski definition) is 3. The van der Waals surface area contributed by atoms with Crippen molar-refractivity contribution in [2.75, 3.05) is 11.9 Å². The molecule has 2 nitrogen and oxygen atoms in total. The lowest BCUT2D eigenvalue weighted by Gasteiger charge is -2.30. The van der Waals surface area contributed by atoms with Gasteiger partial charge in [-0.25, -0.2) is 4.39 Å². The molecule has 0 bridgehead atoms. The molecular formula is C16H21FN2S. The van der Waals surface area contributed by atoms with Crippen LogP contribution in [0.15, 0.2) is 35.7 Å². The first-order chi connectivity index (χ1) is 9.61. The maximum absolute atomic E-state index is 13.5. The molecule has 2 rings (SSSR count). The number of nitrogens with zero attached hydrogens (tertiary/aromatic N) is 1. The van der Waals surface area contributed by atoms with E-state index in [1.165, 1.54) is 10.9 Å². The van der Waals surface area contributed by atoms with E-state index < -0.39 is 0 Å². The largest absolute Gasteiger partial charge is 0.364 e. The van der Waals surface area contributed by atoms with Gasteiger partial charge in [0, 0.05) is 23.2 Å². The molecular weight excluding hydrogens is 271 g/mol. The lowest BCUT2D eigenvalue weighted by molar-refractivity contribution is 0.620. The van der Waals surface area contributed by atoms with E-state index in [2.05, 4.69) is 41.6 Å². The molecule has 0 unspecified atom stereocenters. The van der Waals surface area contributed by atoms with E-state index in [0.29, 0.717) is 12.6 Å². The molecule has 1 aromatic heterocycles. The molecule has 20 heavy (non-hydrogen) atoms. The fourth-order valence-electron chi connectivity index (χ4n) is 2.28. The summed E-state index contributed by atoms with van der Waals surface area (Å²) in [5, 5.41) is 5.20. The molecule has 0 atom stereocenters. The number of nitrogens with one attached hydrogen (secondary N) is 1. The molecule has 0 amide bonds. The fourth-order valence-corrected chi connectivity index (χ4v) is 2.99. The van der Waals surface area contributed by atoms with Crippen LogP contribution in [0.5, 0.6) is 0 Å². The second-order valence-electron chi connectivity index (χ2n) is 5.10. The quantitative estimate of drug-likeness (QED) is 0.865. The Morgan fingerprint density at radius 3 is 2.70 bits per heavy atom. The SMILES string of the molecule is CNCc1cc(F)ccc1N(Cc1cccs1)C(C)C. The zero-order chi connectivity index (χ0) is 14.5. The summed E-state index contributed by atoms with van der Waals surface area (Å²) in [6.07, 6.45) is 0. The predicted octanol–water partition coefficient (Wildman–Crippen LogP) is 4.02. The number of benzene rings is 1. The molecule has 0 radical (unpaired) electrons. The van der Waals surface area contributed by atoms with Crippen LogP contribution in [-0.4, -0.2) is 13.1 Å². The minimum Gasteiger partial charge on any atom is -0.364 e. The Hall–Kier alpha value is -1.39. The van der Waals surface area contributed by atoms with Crippen LogP contribution in [0.2, 0.25) is 0 Å². The average molecular weight is 292 g/mol. The maximum atomic E-state index is 13.5. The van der Waals surface area contributed by atoms with Crippen LogP contribution in [0, 0.1) is 5.82 Å². The van der Waals surface area contributed by atoms with E-state index in [1.807, 2.05) is 13.1 Å². The van der Waals surface area contributed by atoms with Crippen LogP contribution in [-0.2, 0) is 13.1 Å². The van der Waals surface area contributed by atoms with Gasteiger partial charge in [0.25, 0.3) is 0 Å². The average Bonchev–Trinajstić information content (AvgIpc) is 2.90. The number of anilines is 1. The van der Waals surface area contributed by atoms with Crippen molar-refractivity contribution in [2.24, 2.45) is 0 Å². The number of halogens is 1. The standard InChI is InChI=1S/C16H21FN2S/c1-12(2)19(11-15-5-4-8-20-15)16-7-6-14(17)9-13(16)10-18-3/h4-9,12,18H,10-11H2,1-3H3. The molecule has 0 spiro atoms. The van der Waals surface area contributed by atoms with Crippen molar-refractivity contribution < 1.29 is 4.39 Å². The summed E-state index contributed by atoms with van der Waals surface area (Å²) >= 11 is 1.75. The molecule has 2 aromatic rings. The van der Waals surface area contributed by atoms with Gasteiger partial charge in [0.15, 0.2) is 0 Å². The van der Waals surface area contributed by atoms with Gasteiger partial charge in [-0.15, -0.1) is 11.3 Å². The van der Waals surface area contributed by atoms with Gasteiger partial charge in [-0.1, -0.05) is 6.07 Å². The van der Waals surface area contributed by atoms with Gasteiger partial charge < -0.3 is 10.2 Å². The summed E-state index contributed by atoms with van der Waals surface area (Å²) in [6, 6.07) is 9.61. The minimum absolute atomic E-state index is 0.182. The highest BCUT2D eigenvalue weighted by atomic mass is 32.1. The van der Waals surface area contributed by atoms with E-state index in [4.69, 9.17) is 0 Å². The summed E-state index contributed by atoms with van der Waals surface area (Å²) in [6.45, 7) is 5.86. The summed E-state index contributed by atoms with van der Waals surface area (Å²) in [5.41, 5.74) is 2.10. The van der Waals surface area contributed by atoms with E-state index in [1.54, 1.807) is 17.4 Å². The van der Waals surface area contributed by atoms with E-state index in [-0.39, 0.29) is 5.82 Å². The smallest absolute Gasteiger partial charge is 0.123 e. The molecule has 1 N–H and O–H groups in total. The third kappa shape index (κ3) is 3.58. The van der Waals surface area contributed by atoms with Crippen molar-refractivity contribution in [1.29, 1.82) is 0 Å². The molecule has 0 aliphatic carbocycles. The lowest BCUT2D eigenvalue weighted by Crippen LogP contribution is -2.31. The number of hydrogen-bond donors (Lipinski definition) is 1. The normalized spacial score (nSPS) is 11.1. The van der Waals surface area contributed by atoms with E-state index >= 15 is 0 Å². The second kappa shape index (κ2) is 6.86. The topological polar surface area (TPSA) is 15.3 Å². The first kappa shape index (κ1) is 15.0. The molecule has 1 heterocycles. The Kier molecular flexibility index (Phi) is 5.15. The highest BCUT2D eigenvalue weighted by Gasteiger charge is 2.15. The Morgan fingerprint density at radius 2 is 2.10 bits per heavy atom. The first-order valence-electron chi connectivity index (χ1n) is 6.84. The van der Waals surface area contributed by atoms with Crippen molar-refractivity contribution in [2.45, 2.75) is 33.0 Å². The summed E-state index contributed by atoms with van der Waals surface area (Å²) in [4.78, 5) is 3.64. The van der Waals surface area contributed by atoms with Gasteiger partial charge >= 0.3 is 0 Å². The first-order valence-corrected chi connectivity index (χ1v) is 7.72. The van der Waals surface area contributed by atoms with Gasteiger partial charge in [0.05, 0.1) is 6.54 Å². The Balaban J connectivity index is 2.33. The zero-order valence-corrected chi connectivity index (χ0v) is 13.0. The van der Waals surface area contributed by atoms with Crippen LogP contribution in [0.4, 0.5) is 10.1 Å². The van der Waals surface area contributed by atoms with Crippen molar-refractivity contribution in [3.05, 3.63) is 52.0 Å². The molecule has 1 aromatic carbocycles. The highest BCUT2D eigenvalue weighted by Crippen LogP contribution is 2.26. The van der Waals surface area contributed by atoms with Gasteiger partial charge in [-0.2, -0.15) is 0 Å². The van der Waals surface area contributed by atoms with Crippen LogP contribution in [0.1, 0.15) is 24.3 Å². The summed E-state index contributed by atoms with van der Waals surface area (Å²) in [7, 11) is 1.88.